The van der Waals surface area contributed by atoms with Crippen molar-refractivity contribution in [2.24, 2.45) is 0 Å². The van der Waals surface area contributed by atoms with Crippen molar-refractivity contribution in [3.8, 4) is 0 Å². The summed E-state index contributed by atoms with van der Waals surface area (Å²) >= 11 is 1.98. The number of halogens is 3. The van der Waals surface area contributed by atoms with Crippen molar-refractivity contribution in [2.75, 3.05) is 29.7 Å². The van der Waals surface area contributed by atoms with Crippen LogP contribution in [0.3, 0.4) is 0 Å². The Bertz CT molecular complexity index is 967. The molecule has 29 heavy (non-hydrogen) atoms. The lowest BCUT2D eigenvalue weighted by Gasteiger charge is -2.31. The van der Waals surface area contributed by atoms with E-state index in [4.69, 9.17) is 0 Å². The zero-order valence-corrected chi connectivity index (χ0v) is 18.9. The third-order valence-corrected chi connectivity index (χ3v) is 6.90. The van der Waals surface area contributed by atoms with E-state index in [-0.39, 0.29) is 17.1 Å². The SMILES string of the molecule is CCNC1CCN(S(=O)(=O)Nc2ccc(F)cc2Nc2ccc(I)cc2F)CC1. The van der Waals surface area contributed by atoms with Gasteiger partial charge in [-0.3, -0.25) is 4.72 Å². The van der Waals surface area contributed by atoms with Gasteiger partial charge in [0.25, 0.3) is 0 Å². The van der Waals surface area contributed by atoms with Crippen molar-refractivity contribution >= 4 is 49.9 Å². The van der Waals surface area contributed by atoms with E-state index in [1.165, 1.54) is 22.5 Å². The number of nitrogens with zero attached hydrogens (tertiary/aromatic N) is 1. The summed E-state index contributed by atoms with van der Waals surface area (Å²) in [5.74, 6) is -1.08. The van der Waals surface area contributed by atoms with Gasteiger partial charge in [-0.15, -0.1) is 0 Å². The molecule has 158 valence electrons. The number of rotatable bonds is 7. The van der Waals surface area contributed by atoms with Crippen molar-refractivity contribution in [3.05, 3.63) is 51.6 Å². The van der Waals surface area contributed by atoms with Gasteiger partial charge < -0.3 is 10.6 Å². The summed E-state index contributed by atoms with van der Waals surface area (Å²) in [5, 5.41) is 6.11. The fourth-order valence-electron chi connectivity index (χ4n) is 3.24. The average molecular weight is 536 g/mol. The van der Waals surface area contributed by atoms with Crippen molar-refractivity contribution in [1.29, 1.82) is 0 Å². The lowest BCUT2D eigenvalue weighted by molar-refractivity contribution is 0.293. The molecule has 0 aromatic heterocycles. The predicted octanol–water partition coefficient (Wildman–Crippen LogP) is 4.04. The van der Waals surface area contributed by atoms with Crippen LogP contribution in [0.5, 0.6) is 0 Å². The summed E-state index contributed by atoms with van der Waals surface area (Å²) in [7, 11) is -3.82. The normalized spacial score (nSPS) is 16.0. The highest BCUT2D eigenvalue weighted by atomic mass is 127. The molecule has 1 aliphatic rings. The van der Waals surface area contributed by atoms with Crippen molar-refractivity contribution in [2.45, 2.75) is 25.8 Å². The number of hydrogen-bond donors (Lipinski definition) is 3. The number of hydrogen-bond acceptors (Lipinski definition) is 4. The van der Waals surface area contributed by atoms with Gasteiger partial charge in [0.05, 0.1) is 17.1 Å². The van der Waals surface area contributed by atoms with E-state index in [0.29, 0.717) is 22.7 Å². The molecule has 0 aliphatic carbocycles. The minimum Gasteiger partial charge on any atom is -0.351 e. The first-order valence-corrected chi connectivity index (χ1v) is 11.8. The largest absolute Gasteiger partial charge is 0.351 e. The molecular weight excluding hydrogens is 513 g/mol. The van der Waals surface area contributed by atoms with Crippen LogP contribution in [-0.2, 0) is 10.2 Å². The zero-order chi connectivity index (χ0) is 21.0. The van der Waals surface area contributed by atoms with Crippen LogP contribution in [0.15, 0.2) is 36.4 Å². The third kappa shape index (κ3) is 5.77. The molecule has 1 saturated heterocycles. The fraction of sp³-hybridized carbons (Fsp3) is 0.368. The summed E-state index contributed by atoms with van der Waals surface area (Å²) in [6.45, 7) is 3.64. The van der Waals surface area contributed by atoms with E-state index in [0.717, 1.165) is 31.5 Å². The lowest BCUT2D eigenvalue weighted by atomic mass is 10.1. The first-order chi connectivity index (χ1) is 13.8. The third-order valence-electron chi connectivity index (χ3n) is 4.71. The highest BCUT2D eigenvalue weighted by Gasteiger charge is 2.28. The molecule has 0 atom stereocenters. The van der Waals surface area contributed by atoms with E-state index >= 15 is 0 Å². The molecule has 1 heterocycles. The Kier molecular flexibility index (Phi) is 7.30. The predicted molar refractivity (Wildman–Crippen MR) is 120 cm³/mol. The smallest absolute Gasteiger partial charge is 0.301 e. The van der Waals surface area contributed by atoms with E-state index < -0.39 is 21.8 Å². The molecule has 6 nitrogen and oxygen atoms in total. The van der Waals surface area contributed by atoms with Crippen molar-refractivity contribution in [3.63, 3.8) is 0 Å². The minimum atomic E-state index is -3.82. The molecule has 0 radical (unpaired) electrons. The highest BCUT2D eigenvalue weighted by molar-refractivity contribution is 14.1. The van der Waals surface area contributed by atoms with Crippen LogP contribution in [0.25, 0.3) is 0 Å². The summed E-state index contributed by atoms with van der Waals surface area (Å²) in [6.07, 6.45) is 1.44. The Hall–Kier alpha value is -1.50. The van der Waals surface area contributed by atoms with E-state index in [9.17, 15) is 17.2 Å². The fourth-order valence-corrected chi connectivity index (χ4v) is 4.97. The zero-order valence-electron chi connectivity index (χ0n) is 15.9. The van der Waals surface area contributed by atoms with Gasteiger partial charge in [-0.25, -0.2) is 8.78 Å². The molecule has 0 unspecified atom stereocenters. The maximum absolute atomic E-state index is 14.2. The Balaban J connectivity index is 1.78. The number of anilines is 3. The maximum Gasteiger partial charge on any atom is 0.301 e. The minimum absolute atomic E-state index is 0.128. The van der Waals surface area contributed by atoms with Crippen molar-refractivity contribution < 1.29 is 17.2 Å². The van der Waals surface area contributed by atoms with Crippen LogP contribution in [-0.4, -0.2) is 38.4 Å². The van der Waals surface area contributed by atoms with Crippen LogP contribution in [0.1, 0.15) is 19.8 Å². The van der Waals surface area contributed by atoms with Crippen LogP contribution in [0, 0.1) is 15.2 Å². The molecule has 0 spiro atoms. The molecule has 0 bridgehead atoms. The topological polar surface area (TPSA) is 73.5 Å². The van der Waals surface area contributed by atoms with E-state index in [2.05, 4.69) is 15.4 Å². The van der Waals surface area contributed by atoms with Gasteiger partial charge in [-0.2, -0.15) is 12.7 Å². The Morgan fingerprint density at radius 1 is 1.07 bits per heavy atom. The molecule has 2 aromatic rings. The summed E-state index contributed by atoms with van der Waals surface area (Å²) < 4.78 is 58.2. The van der Waals surface area contributed by atoms with Gasteiger partial charge in [0.1, 0.15) is 11.6 Å². The van der Waals surface area contributed by atoms with E-state index in [1.54, 1.807) is 6.07 Å². The van der Waals surface area contributed by atoms with Gasteiger partial charge in [-0.1, -0.05) is 6.92 Å². The van der Waals surface area contributed by atoms with Gasteiger partial charge in [-0.05, 0) is 78.4 Å². The summed E-state index contributed by atoms with van der Waals surface area (Å²) in [4.78, 5) is 0. The standard InChI is InChI=1S/C19H23F2IN4O2S/c1-2-23-15-7-9-26(10-8-15)29(27,28)25-18-5-3-13(20)11-19(18)24-17-6-4-14(22)12-16(17)21/h3-6,11-12,15,23-25H,2,7-10H2,1H3. The molecule has 1 aliphatic heterocycles. The van der Waals surface area contributed by atoms with Crippen LogP contribution >= 0.6 is 22.6 Å². The highest BCUT2D eigenvalue weighted by Crippen LogP contribution is 2.30. The van der Waals surface area contributed by atoms with Gasteiger partial charge >= 0.3 is 10.2 Å². The quantitative estimate of drug-likeness (QED) is 0.468. The Morgan fingerprint density at radius 3 is 2.41 bits per heavy atom. The molecule has 3 rings (SSSR count). The molecule has 1 fully saturated rings. The van der Waals surface area contributed by atoms with Gasteiger partial charge in [0.15, 0.2) is 0 Å². The maximum atomic E-state index is 14.2. The molecule has 3 N–H and O–H groups in total. The van der Waals surface area contributed by atoms with Crippen LogP contribution < -0.4 is 15.4 Å². The van der Waals surface area contributed by atoms with E-state index in [1.807, 2.05) is 29.5 Å². The first-order valence-electron chi connectivity index (χ1n) is 9.31. The van der Waals surface area contributed by atoms with Gasteiger partial charge in [0, 0.05) is 22.7 Å². The van der Waals surface area contributed by atoms with Crippen molar-refractivity contribution in [1.82, 2.24) is 9.62 Å². The molecule has 2 aromatic carbocycles. The number of benzene rings is 2. The molecule has 10 heteroatoms. The second-order valence-electron chi connectivity index (χ2n) is 6.78. The summed E-state index contributed by atoms with van der Waals surface area (Å²) in [5.41, 5.74) is 0.414. The average Bonchev–Trinajstić information content (AvgIpc) is 2.67. The number of piperidine rings is 1. The first kappa shape index (κ1) is 22.2. The Labute approximate surface area is 183 Å². The molecule has 0 saturated carbocycles. The number of nitrogens with one attached hydrogen (secondary N) is 3. The molecular formula is C19H23F2IN4O2S. The monoisotopic (exact) mass is 536 g/mol. The Morgan fingerprint density at radius 2 is 1.76 bits per heavy atom. The second kappa shape index (κ2) is 9.54. The van der Waals surface area contributed by atoms with Gasteiger partial charge in [0.2, 0.25) is 0 Å². The summed E-state index contributed by atoms with van der Waals surface area (Å²) in [6, 6.07) is 8.47. The van der Waals surface area contributed by atoms with Crippen LogP contribution in [0.2, 0.25) is 0 Å². The van der Waals surface area contributed by atoms with Crippen LogP contribution in [0.4, 0.5) is 25.8 Å². The lowest BCUT2D eigenvalue weighted by Crippen LogP contribution is -2.46. The molecule has 0 amide bonds. The second-order valence-corrected chi connectivity index (χ2v) is 9.69.